The summed E-state index contributed by atoms with van der Waals surface area (Å²) < 4.78 is 6.13. The summed E-state index contributed by atoms with van der Waals surface area (Å²) in [6.07, 6.45) is 6.36. The van der Waals surface area contributed by atoms with Crippen LogP contribution in [0.4, 0.5) is 0 Å². The van der Waals surface area contributed by atoms with Crippen LogP contribution in [0.1, 0.15) is 54.4 Å². The normalized spacial score (nSPS) is 16.8. The molecule has 1 fully saturated rings. The van der Waals surface area contributed by atoms with E-state index < -0.39 is 0 Å². The Labute approximate surface area is 146 Å². The molecule has 3 rings (SSSR count). The molecule has 2 nitrogen and oxygen atoms in total. The van der Waals surface area contributed by atoms with Gasteiger partial charge in [-0.3, -0.25) is 0 Å². The molecule has 0 aromatic heterocycles. The second-order valence-corrected chi connectivity index (χ2v) is 7.26. The van der Waals surface area contributed by atoms with Gasteiger partial charge in [-0.15, -0.1) is 0 Å². The van der Waals surface area contributed by atoms with Crippen molar-refractivity contribution in [3.63, 3.8) is 0 Å². The molecule has 0 aliphatic heterocycles. The van der Waals surface area contributed by atoms with Gasteiger partial charge in [0.2, 0.25) is 0 Å². The number of hydrogen-bond acceptors (Lipinski definition) is 2. The van der Waals surface area contributed by atoms with Crippen molar-refractivity contribution in [2.75, 3.05) is 6.54 Å². The summed E-state index contributed by atoms with van der Waals surface area (Å²) in [6, 6.07) is 15.0. The summed E-state index contributed by atoms with van der Waals surface area (Å²) in [5.41, 5.74) is 11.4. The van der Waals surface area contributed by atoms with Crippen LogP contribution >= 0.6 is 0 Å². The minimum Gasteiger partial charge on any atom is -0.488 e. The van der Waals surface area contributed by atoms with Crippen molar-refractivity contribution in [2.24, 2.45) is 5.73 Å². The average molecular weight is 323 g/mol. The number of aryl methyl sites for hydroxylation is 2. The monoisotopic (exact) mass is 323 g/mol. The second-order valence-electron chi connectivity index (χ2n) is 7.26. The summed E-state index contributed by atoms with van der Waals surface area (Å²) in [4.78, 5) is 0. The molecule has 1 aliphatic rings. The van der Waals surface area contributed by atoms with E-state index in [1.807, 2.05) is 6.07 Å². The molecule has 1 aliphatic carbocycles. The third-order valence-electron chi connectivity index (χ3n) is 5.50. The zero-order valence-corrected chi connectivity index (χ0v) is 15.0. The number of hydrogen-bond donors (Lipinski definition) is 1. The molecule has 0 saturated heterocycles. The highest BCUT2D eigenvalue weighted by molar-refractivity contribution is 5.46. The molecule has 2 aromatic carbocycles. The molecule has 0 unspecified atom stereocenters. The van der Waals surface area contributed by atoms with Crippen molar-refractivity contribution in [1.29, 1.82) is 0 Å². The zero-order chi connectivity index (χ0) is 17.0. The molecule has 24 heavy (non-hydrogen) atoms. The molecule has 2 heteroatoms. The molecule has 0 heterocycles. The maximum Gasteiger partial charge on any atom is 0.125 e. The van der Waals surface area contributed by atoms with Crippen LogP contribution in [-0.2, 0) is 12.0 Å². The molecule has 128 valence electrons. The van der Waals surface area contributed by atoms with Gasteiger partial charge in [-0.1, -0.05) is 61.7 Å². The topological polar surface area (TPSA) is 35.2 Å². The first-order chi connectivity index (χ1) is 11.6. The predicted octanol–water partition coefficient (Wildman–Crippen LogP) is 5.04. The largest absolute Gasteiger partial charge is 0.488 e. The van der Waals surface area contributed by atoms with E-state index in [-0.39, 0.29) is 5.41 Å². The van der Waals surface area contributed by atoms with Crippen molar-refractivity contribution >= 4 is 0 Å². The molecule has 0 radical (unpaired) electrons. The van der Waals surface area contributed by atoms with Gasteiger partial charge in [0.25, 0.3) is 0 Å². The van der Waals surface area contributed by atoms with E-state index in [4.69, 9.17) is 10.5 Å². The Kier molecular flexibility index (Phi) is 5.25. The zero-order valence-electron chi connectivity index (χ0n) is 15.0. The van der Waals surface area contributed by atoms with Crippen LogP contribution in [0.5, 0.6) is 5.75 Å². The highest BCUT2D eigenvalue weighted by atomic mass is 16.5. The van der Waals surface area contributed by atoms with Crippen LogP contribution in [-0.4, -0.2) is 6.54 Å². The van der Waals surface area contributed by atoms with E-state index in [0.717, 1.165) is 12.3 Å². The van der Waals surface area contributed by atoms with Crippen molar-refractivity contribution in [3.05, 3.63) is 64.7 Å². The fourth-order valence-corrected chi connectivity index (χ4v) is 4.05. The molecule has 2 aromatic rings. The maximum atomic E-state index is 6.21. The third-order valence-corrected chi connectivity index (χ3v) is 5.50. The van der Waals surface area contributed by atoms with E-state index in [2.05, 4.69) is 50.2 Å². The van der Waals surface area contributed by atoms with Crippen molar-refractivity contribution in [2.45, 2.75) is 58.0 Å². The number of nitrogens with two attached hydrogens (primary N) is 1. The molecule has 0 atom stereocenters. The summed E-state index contributed by atoms with van der Waals surface area (Å²) in [5, 5.41) is 0. The molecular weight excluding hydrogens is 294 g/mol. The lowest BCUT2D eigenvalue weighted by atomic mass is 9.69. The van der Waals surface area contributed by atoms with Gasteiger partial charge in [-0.25, -0.2) is 0 Å². The summed E-state index contributed by atoms with van der Waals surface area (Å²) in [7, 11) is 0. The van der Waals surface area contributed by atoms with Crippen LogP contribution in [0.15, 0.2) is 42.5 Å². The lowest BCUT2D eigenvalue weighted by molar-refractivity contribution is 0.293. The Morgan fingerprint density at radius 3 is 2.17 bits per heavy atom. The second kappa shape index (κ2) is 7.40. The van der Waals surface area contributed by atoms with Gasteiger partial charge in [0, 0.05) is 12.0 Å². The van der Waals surface area contributed by atoms with Gasteiger partial charge in [-0.2, -0.15) is 0 Å². The first kappa shape index (κ1) is 17.0. The van der Waals surface area contributed by atoms with E-state index in [0.29, 0.717) is 6.61 Å². The van der Waals surface area contributed by atoms with Gasteiger partial charge < -0.3 is 10.5 Å². The Balaban J connectivity index is 1.83. The smallest absolute Gasteiger partial charge is 0.125 e. The molecule has 1 saturated carbocycles. The van der Waals surface area contributed by atoms with Crippen LogP contribution in [0.25, 0.3) is 0 Å². The highest BCUT2D eigenvalue weighted by Gasteiger charge is 2.33. The molecular formula is C22H29NO. The fraction of sp³-hybridized carbons (Fsp3) is 0.455. The fourth-order valence-electron chi connectivity index (χ4n) is 4.05. The minimum atomic E-state index is 0.172. The van der Waals surface area contributed by atoms with E-state index in [9.17, 15) is 0 Å². The number of rotatable bonds is 5. The van der Waals surface area contributed by atoms with E-state index >= 15 is 0 Å². The van der Waals surface area contributed by atoms with Crippen LogP contribution in [0.2, 0.25) is 0 Å². The predicted molar refractivity (Wildman–Crippen MR) is 101 cm³/mol. The third kappa shape index (κ3) is 3.49. The molecule has 0 amide bonds. The standard InChI is InChI=1S/C22H29NO/c1-17-13-20(22(16-23)11-7-4-8-12-22)14-18(2)21(17)24-15-19-9-5-3-6-10-19/h3,5-6,9-10,13-14H,4,7-8,11-12,15-16,23H2,1-2H3. The molecule has 0 bridgehead atoms. The van der Waals surface area contributed by atoms with Gasteiger partial charge in [0.05, 0.1) is 0 Å². The van der Waals surface area contributed by atoms with Gasteiger partial charge >= 0.3 is 0 Å². The number of ether oxygens (including phenoxy) is 1. The molecule has 0 spiro atoms. The van der Waals surface area contributed by atoms with Gasteiger partial charge in [-0.05, 0) is 48.9 Å². The summed E-state index contributed by atoms with van der Waals surface area (Å²) >= 11 is 0. The first-order valence-corrected chi connectivity index (χ1v) is 9.13. The van der Waals surface area contributed by atoms with Crippen molar-refractivity contribution in [3.8, 4) is 5.75 Å². The van der Waals surface area contributed by atoms with Crippen molar-refractivity contribution < 1.29 is 4.74 Å². The summed E-state index contributed by atoms with van der Waals surface area (Å²) in [6.45, 7) is 5.67. The molecule has 2 N–H and O–H groups in total. The number of benzene rings is 2. The van der Waals surface area contributed by atoms with Gasteiger partial charge in [0.15, 0.2) is 0 Å². The summed E-state index contributed by atoms with van der Waals surface area (Å²) in [5.74, 6) is 1.02. The van der Waals surface area contributed by atoms with E-state index in [1.165, 1.54) is 54.4 Å². The van der Waals surface area contributed by atoms with Crippen LogP contribution in [0.3, 0.4) is 0 Å². The lowest BCUT2D eigenvalue weighted by Gasteiger charge is -2.37. The minimum absolute atomic E-state index is 0.172. The maximum absolute atomic E-state index is 6.21. The Morgan fingerprint density at radius 2 is 1.58 bits per heavy atom. The quantitative estimate of drug-likeness (QED) is 0.836. The van der Waals surface area contributed by atoms with Crippen LogP contribution < -0.4 is 10.5 Å². The van der Waals surface area contributed by atoms with Crippen molar-refractivity contribution in [1.82, 2.24) is 0 Å². The lowest BCUT2D eigenvalue weighted by Crippen LogP contribution is -2.37. The Morgan fingerprint density at radius 1 is 0.958 bits per heavy atom. The van der Waals surface area contributed by atoms with Gasteiger partial charge in [0.1, 0.15) is 12.4 Å². The average Bonchev–Trinajstić information content (AvgIpc) is 2.62. The Hall–Kier alpha value is -1.80. The SMILES string of the molecule is Cc1cc(C2(CN)CCCCC2)cc(C)c1OCc1ccccc1. The highest BCUT2D eigenvalue weighted by Crippen LogP contribution is 2.41. The first-order valence-electron chi connectivity index (χ1n) is 9.13. The Bertz CT molecular complexity index is 649. The van der Waals surface area contributed by atoms with E-state index in [1.54, 1.807) is 0 Å². The van der Waals surface area contributed by atoms with Crippen LogP contribution in [0, 0.1) is 13.8 Å².